The highest BCUT2D eigenvalue weighted by Gasteiger charge is 2.14. The zero-order valence-electron chi connectivity index (χ0n) is 7.36. The molecule has 0 unspecified atom stereocenters. The van der Waals surface area contributed by atoms with Crippen LogP contribution in [0.5, 0.6) is 0 Å². The largest absolute Gasteiger partial charge is 0.476 e. The molecule has 0 spiro atoms. The molecule has 1 N–H and O–H groups in total. The van der Waals surface area contributed by atoms with Crippen molar-refractivity contribution in [3.63, 3.8) is 0 Å². The maximum atomic E-state index is 10.8. The summed E-state index contributed by atoms with van der Waals surface area (Å²) in [5.74, 6) is -1.03. The van der Waals surface area contributed by atoms with E-state index in [1.54, 1.807) is 29.7 Å². The van der Waals surface area contributed by atoms with Gasteiger partial charge < -0.3 is 9.51 Å². The van der Waals surface area contributed by atoms with E-state index in [2.05, 4.69) is 4.98 Å². The maximum Gasteiger partial charge on any atom is 0.356 e. The second-order valence-corrected chi connectivity index (χ2v) is 3.36. The van der Waals surface area contributed by atoms with Crippen molar-refractivity contribution in [2.24, 2.45) is 0 Å². The number of nitrogens with zero attached hydrogens (tertiary/aromatic N) is 2. The number of carboxylic acids is 1. The lowest BCUT2D eigenvalue weighted by Gasteiger charge is -1.95. The summed E-state index contributed by atoms with van der Waals surface area (Å²) in [6, 6.07) is 3.36. The minimum absolute atomic E-state index is 0.0623. The van der Waals surface area contributed by atoms with Gasteiger partial charge in [0.15, 0.2) is 5.69 Å². The molecule has 4 nitrogen and oxygen atoms in total. The predicted molar refractivity (Wildman–Crippen MR) is 51.9 cm³/mol. The molecule has 0 aromatic carbocycles. The molecule has 0 aliphatic heterocycles. The molecule has 72 valence electrons. The van der Waals surface area contributed by atoms with Crippen LogP contribution in [0.15, 0.2) is 18.3 Å². The quantitative estimate of drug-likeness (QED) is 0.783. The number of hydrogen-bond acceptors (Lipinski definition) is 2. The van der Waals surface area contributed by atoms with E-state index in [9.17, 15) is 4.79 Å². The van der Waals surface area contributed by atoms with Gasteiger partial charge in [0.2, 0.25) is 0 Å². The number of hydrogen-bond donors (Lipinski definition) is 1. The molecule has 0 saturated carbocycles. The number of pyridine rings is 1. The summed E-state index contributed by atoms with van der Waals surface area (Å²) in [5, 5.41) is 9.38. The number of imidazole rings is 1. The highest BCUT2D eigenvalue weighted by molar-refractivity contribution is 6.30. The van der Waals surface area contributed by atoms with E-state index in [0.29, 0.717) is 16.4 Å². The van der Waals surface area contributed by atoms with E-state index >= 15 is 0 Å². The molecule has 2 heterocycles. The van der Waals surface area contributed by atoms with Gasteiger partial charge in [0.25, 0.3) is 0 Å². The molecule has 14 heavy (non-hydrogen) atoms. The van der Waals surface area contributed by atoms with Crippen LogP contribution in [-0.4, -0.2) is 20.5 Å². The van der Waals surface area contributed by atoms with Crippen LogP contribution in [0.1, 0.15) is 16.2 Å². The van der Waals surface area contributed by atoms with Gasteiger partial charge in [-0.05, 0) is 19.1 Å². The Balaban J connectivity index is 2.80. The number of carboxylic acid groups (broad SMARTS) is 1. The Morgan fingerprint density at radius 2 is 2.29 bits per heavy atom. The van der Waals surface area contributed by atoms with Crippen LogP contribution in [0.25, 0.3) is 5.65 Å². The average Bonchev–Trinajstić information content (AvgIpc) is 2.44. The first-order chi connectivity index (χ1) is 6.59. The van der Waals surface area contributed by atoms with Crippen molar-refractivity contribution in [1.29, 1.82) is 0 Å². The van der Waals surface area contributed by atoms with Crippen molar-refractivity contribution < 1.29 is 9.90 Å². The first kappa shape index (κ1) is 9.02. The highest BCUT2D eigenvalue weighted by atomic mass is 35.5. The first-order valence-corrected chi connectivity index (χ1v) is 4.35. The van der Waals surface area contributed by atoms with Crippen molar-refractivity contribution in [2.45, 2.75) is 6.92 Å². The molecular weight excluding hydrogens is 204 g/mol. The molecule has 2 aromatic rings. The van der Waals surface area contributed by atoms with Gasteiger partial charge >= 0.3 is 5.97 Å². The molecule has 0 amide bonds. The summed E-state index contributed by atoms with van der Waals surface area (Å²) in [7, 11) is 0. The van der Waals surface area contributed by atoms with Gasteiger partial charge in [-0.1, -0.05) is 11.6 Å². The molecule has 0 fully saturated rings. The molecule has 0 aliphatic rings. The van der Waals surface area contributed by atoms with Gasteiger partial charge in [-0.2, -0.15) is 0 Å². The fourth-order valence-corrected chi connectivity index (χ4v) is 1.50. The Hall–Kier alpha value is -1.55. The Morgan fingerprint density at radius 1 is 1.57 bits per heavy atom. The van der Waals surface area contributed by atoms with E-state index in [0.717, 1.165) is 0 Å². The first-order valence-electron chi connectivity index (χ1n) is 3.97. The number of carbonyl (C=O) groups is 1. The van der Waals surface area contributed by atoms with Crippen LogP contribution in [0.2, 0.25) is 5.02 Å². The van der Waals surface area contributed by atoms with Crippen LogP contribution in [0.4, 0.5) is 0 Å². The van der Waals surface area contributed by atoms with Crippen molar-refractivity contribution in [3.8, 4) is 0 Å². The second kappa shape index (κ2) is 2.99. The molecule has 0 bridgehead atoms. The summed E-state index contributed by atoms with van der Waals surface area (Å²) < 4.78 is 1.66. The smallest absolute Gasteiger partial charge is 0.356 e. The lowest BCUT2D eigenvalue weighted by Crippen LogP contribution is -1.99. The van der Waals surface area contributed by atoms with Gasteiger partial charge in [-0.15, -0.1) is 0 Å². The third-order valence-electron chi connectivity index (χ3n) is 2.02. The number of aryl methyl sites for hydroxylation is 1. The SMILES string of the molecule is Cc1c(C(=O)O)nc2ccc(Cl)cn12. The Kier molecular flexibility index (Phi) is 1.93. The van der Waals surface area contributed by atoms with Crippen molar-refractivity contribution >= 4 is 23.2 Å². The molecular formula is C9H7ClN2O2. The second-order valence-electron chi connectivity index (χ2n) is 2.93. The molecule has 0 saturated heterocycles. The van der Waals surface area contributed by atoms with E-state index in [1.165, 1.54) is 0 Å². The Bertz CT molecular complexity index is 519. The molecule has 5 heteroatoms. The normalized spacial score (nSPS) is 10.7. The van der Waals surface area contributed by atoms with Gasteiger partial charge in [0, 0.05) is 6.20 Å². The number of fused-ring (bicyclic) bond motifs is 1. The van der Waals surface area contributed by atoms with Crippen LogP contribution >= 0.6 is 11.6 Å². The van der Waals surface area contributed by atoms with Crippen LogP contribution in [-0.2, 0) is 0 Å². The number of rotatable bonds is 1. The maximum absolute atomic E-state index is 10.8. The predicted octanol–water partition coefficient (Wildman–Crippen LogP) is 1.99. The number of aromatic carboxylic acids is 1. The van der Waals surface area contributed by atoms with Gasteiger partial charge in [0.1, 0.15) is 5.65 Å². The van der Waals surface area contributed by atoms with Crippen LogP contribution < -0.4 is 0 Å². The fraction of sp³-hybridized carbons (Fsp3) is 0.111. The van der Waals surface area contributed by atoms with E-state index in [-0.39, 0.29) is 5.69 Å². The average molecular weight is 211 g/mol. The third-order valence-corrected chi connectivity index (χ3v) is 2.25. The molecule has 0 atom stereocenters. The molecule has 2 rings (SSSR count). The van der Waals surface area contributed by atoms with E-state index in [1.807, 2.05) is 0 Å². The van der Waals surface area contributed by atoms with E-state index in [4.69, 9.17) is 16.7 Å². The van der Waals surface area contributed by atoms with Gasteiger partial charge in [-0.3, -0.25) is 0 Å². The summed E-state index contributed by atoms with van der Waals surface area (Å²) in [6.07, 6.45) is 1.64. The van der Waals surface area contributed by atoms with Crippen molar-refractivity contribution in [2.75, 3.05) is 0 Å². The van der Waals surface area contributed by atoms with Gasteiger partial charge in [0.05, 0.1) is 10.7 Å². The lowest BCUT2D eigenvalue weighted by atomic mass is 10.3. The van der Waals surface area contributed by atoms with Crippen molar-refractivity contribution in [3.05, 3.63) is 34.7 Å². The standard InChI is InChI=1S/C9H7ClN2O2/c1-5-8(9(13)14)11-7-3-2-6(10)4-12(5)7/h2-4H,1H3,(H,13,14). The Morgan fingerprint density at radius 3 is 2.93 bits per heavy atom. The summed E-state index contributed by atoms with van der Waals surface area (Å²) >= 11 is 5.78. The van der Waals surface area contributed by atoms with Crippen LogP contribution in [0.3, 0.4) is 0 Å². The molecule has 0 aliphatic carbocycles. The van der Waals surface area contributed by atoms with Crippen molar-refractivity contribution in [1.82, 2.24) is 9.38 Å². The molecule has 2 aromatic heterocycles. The zero-order chi connectivity index (χ0) is 10.3. The van der Waals surface area contributed by atoms with E-state index < -0.39 is 5.97 Å². The minimum Gasteiger partial charge on any atom is -0.476 e. The minimum atomic E-state index is -1.03. The third kappa shape index (κ3) is 1.24. The monoisotopic (exact) mass is 210 g/mol. The Labute approximate surface area is 84.8 Å². The van der Waals surface area contributed by atoms with Crippen LogP contribution in [0, 0.1) is 6.92 Å². The lowest BCUT2D eigenvalue weighted by molar-refractivity contribution is 0.0690. The van der Waals surface area contributed by atoms with Gasteiger partial charge in [-0.25, -0.2) is 9.78 Å². The summed E-state index contributed by atoms with van der Waals surface area (Å²) in [6.45, 7) is 1.69. The highest BCUT2D eigenvalue weighted by Crippen LogP contribution is 2.15. The topological polar surface area (TPSA) is 54.6 Å². The fourth-order valence-electron chi connectivity index (χ4n) is 1.34. The summed E-state index contributed by atoms with van der Waals surface area (Å²) in [5.41, 5.74) is 1.23. The zero-order valence-corrected chi connectivity index (χ0v) is 8.12. The summed E-state index contributed by atoms with van der Waals surface area (Å²) in [4.78, 5) is 14.7. The number of halogens is 1. The molecule has 0 radical (unpaired) electrons. The number of aromatic nitrogens is 2.